The van der Waals surface area contributed by atoms with E-state index in [1.807, 2.05) is 0 Å². The molecule has 2 aliphatic heterocycles. The van der Waals surface area contributed by atoms with Crippen LogP contribution < -0.4 is 5.32 Å². The first kappa shape index (κ1) is 20.5. The van der Waals surface area contributed by atoms with Gasteiger partial charge in [0.2, 0.25) is 0 Å². The first-order chi connectivity index (χ1) is 12.0. The van der Waals surface area contributed by atoms with E-state index in [1.54, 1.807) is 0 Å². The predicted molar refractivity (Wildman–Crippen MR) is 108 cm³/mol. The van der Waals surface area contributed by atoms with Gasteiger partial charge in [-0.2, -0.15) is 0 Å². The zero-order chi connectivity index (χ0) is 18.2. The van der Waals surface area contributed by atoms with Crippen LogP contribution in [0.25, 0.3) is 0 Å². The van der Waals surface area contributed by atoms with Crippen molar-refractivity contribution < 1.29 is 0 Å². The maximum absolute atomic E-state index is 4.93. The molecule has 1 atom stereocenters. The quantitative estimate of drug-likeness (QED) is 0.414. The van der Waals surface area contributed by atoms with E-state index < -0.39 is 0 Å². The SMILES string of the molecule is CCNC(=NCCCN(C(C)C)C(C)C)N1CCC(N2CCCC2)C1. The van der Waals surface area contributed by atoms with E-state index in [4.69, 9.17) is 4.99 Å². The lowest BCUT2D eigenvalue weighted by Crippen LogP contribution is -2.43. The Hall–Kier alpha value is -0.810. The third-order valence-electron chi connectivity index (χ3n) is 5.62. The van der Waals surface area contributed by atoms with Crippen LogP contribution in [0.3, 0.4) is 0 Å². The maximum Gasteiger partial charge on any atom is 0.193 e. The fourth-order valence-electron chi connectivity index (χ4n) is 4.32. The molecule has 25 heavy (non-hydrogen) atoms. The van der Waals surface area contributed by atoms with Gasteiger partial charge in [0.05, 0.1) is 0 Å². The molecule has 146 valence electrons. The van der Waals surface area contributed by atoms with E-state index in [0.29, 0.717) is 12.1 Å². The van der Waals surface area contributed by atoms with E-state index in [2.05, 4.69) is 54.6 Å². The molecule has 5 nitrogen and oxygen atoms in total. The van der Waals surface area contributed by atoms with Crippen molar-refractivity contribution in [2.75, 3.05) is 45.8 Å². The zero-order valence-electron chi connectivity index (χ0n) is 17.3. The van der Waals surface area contributed by atoms with Crippen molar-refractivity contribution in [2.24, 2.45) is 4.99 Å². The number of hydrogen-bond acceptors (Lipinski definition) is 3. The Morgan fingerprint density at radius 1 is 1.12 bits per heavy atom. The molecule has 5 heteroatoms. The number of rotatable bonds is 8. The molecule has 0 aromatic heterocycles. The van der Waals surface area contributed by atoms with Crippen LogP contribution >= 0.6 is 0 Å². The van der Waals surface area contributed by atoms with Crippen LogP contribution in [0.4, 0.5) is 0 Å². The van der Waals surface area contributed by atoms with Crippen LogP contribution in [0, 0.1) is 0 Å². The summed E-state index contributed by atoms with van der Waals surface area (Å²) >= 11 is 0. The van der Waals surface area contributed by atoms with E-state index in [0.717, 1.165) is 51.1 Å². The highest BCUT2D eigenvalue weighted by Crippen LogP contribution is 2.20. The normalized spacial score (nSPS) is 22.8. The van der Waals surface area contributed by atoms with E-state index >= 15 is 0 Å². The van der Waals surface area contributed by atoms with Crippen molar-refractivity contribution in [3.8, 4) is 0 Å². The van der Waals surface area contributed by atoms with Crippen LogP contribution in [0.15, 0.2) is 4.99 Å². The van der Waals surface area contributed by atoms with Gasteiger partial charge >= 0.3 is 0 Å². The van der Waals surface area contributed by atoms with Gasteiger partial charge in [-0.15, -0.1) is 0 Å². The van der Waals surface area contributed by atoms with Crippen LogP contribution in [0.5, 0.6) is 0 Å². The average Bonchev–Trinajstić information content (AvgIpc) is 3.23. The molecule has 0 bridgehead atoms. The molecule has 2 aliphatic rings. The lowest BCUT2D eigenvalue weighted by Gasteiger charge is -2.30. The summed E-state index contributed by atoms with van der Waals surface area (Å²) in [7, 11) is 0. The summed E-state index contributed by atoms with van der Waals surface area (Å²) < 4.78 is 0. The molecule has 1 unspecified atom stereocenters. The van der Waals surface area contributed by atoms with Gasteiger partial charge in [-0.3, -0.25) is 14.8 Å². The van der Waals surface area contributed by atoms with E-state index in [9.17, 15) is 0 Å². The standard InChI is InChI=1S/C20H41N5/c1-6-21-20(22-11-9-14-25(17(2)3)18(4)5)24-15-10-19(16-24)23-12-7-8-13-23/h17-19H,6-16H2,1-5H3,(H,21,22). The van der Waals surface area contributed by atoms with E-state index in [1.165, 1.54) is 32.4 Å². The van der Waals surface area contributed by atoms with Crippen LogP contribution in [-0.4, -0.2) is 84.6 Å². The van der Waals surface area contributed by atoms with Crippen molar-refractivity contribution in [2.45, 2.75) is 78.4 Å². The number of nitrogens with zero attached hydrogens (tertiary/aromatic N) is 4. The van der Waals surface area contributed by atoms with Gasteiger partial charge in [-0.25, -0.2) is 0 Å². The molecule has 0 saturated carbocycles. The van der Waals surface area contributed by atoms with Crippen molar-refractivity contribution in [1.29, 1.82) is 0 Å². The predicted octanol–water partition coefficient (Wildman–Crippen LogP) is 2.63. The Balaban J connectivity index is 1.82. The summed E-state index contributed by atoms with van der Waals surface area (Å²) in [6.45, 7) is 19.2. The first-order valence-corrected chi connectivity index (χ1v) is 10.6. The second-order valence-electron chi connectivity index (χ2n) is 8.15. The van der Waals surface area contributed by atoms with E-state index in [-0.39, 0.29) is 0 Å². The number of nitrogens with one attached hydrogen (secondary N) is 1. The van der Waals surface area contributed by atoms with Crippen LogP contribution in [0.1, 0.15) is 60.3 Å². The Bertz CT molecular complexity index is 393. The molecule has 1 N–H and O–H groups in total. The molecule has 0 spiro atoms. The minimum atomic E-state index is 0.608. The highest BCUT2D eigenvalue weighted by Gasteiger charge is 2.30. The zero-order valence-corrected chi connectivity index (χ0v) is 17.3. The summed E-state index contributed by atoms with van der Waals surface area (Å²) in [6.07, 6.45) is 5.19. The van der Waals surface area contributed by atoms with Gasteiger partial charge in [0.25, 0.3) is 0 Å². The second-order valence-corrected chi connectivity index (χ2v) is 8.15. The van der Waals surface area contributed by atoms with Crippen molar-refractivity contribution in [3.63, 3.8) is 0 Å². The number of aliphatic imine (C=N–C) groups is 1. The fraction of sp³-hybridized carbons (Fsp3) is 0.950. The monoisotopic (exact) mass is 351 g/mol. The molecule has 0 aromatic rings. The van der Waals surface area contributed by atoms with Gasteiger partial charge in [-0.1, -0.05) is 0 Å². The minimum absolute atomic E-state index is 0.608. The average molecular weight is 352 g/mol. The smallest absolute Gasteiger partial charge is 0.193 e. The largest absolute Gasteiger partial charge is 0.357 e. The molecule has 0 aromatic carbocycles. The van der Waals surface area contributed by atoms with Gasteiger partial charge in [0, 0.05) is 50.8 Å². The Kier molecular flexibility index (Phi) is 8.50. The highest BCUT2D eigenvalue weighted by atomic mass is 15.3. The first-order valence-electron chi connectivity index (χ1n) is 10.6. The van der Waals surface area contributed by atoms with Crippen LogP contribution in [0.2, 0.25) is 0 Å². The second kappa shape index (κ2) is 10.4. The molecule has 2 saturated heterocycles. The molecule has 2 heterocycles. The maximum atomic E-state index is 4.93. The third kappa shape index (κ3) is 6.14. The molecule has 2 fully saturated rings. The van der Waals surface area contributed by atoms with Crippen molar-refractivity contribution in [3.05, 3.63) is 0 Å². The van der Waals surface area contributed by atoms with Crippen molar-refractivity contribution >= 4 is 5.96 Å². The number of guanidine groups is 1. The molecule has 0 amide bonds. The number of likely N-dealkylation sites (tertiary alicyclic amines) is 2. The Morgan fingerprint density at radius 3 is 2.40 bits per heavy atom. The Labute approximate surface area is 155 Å². The molecular formula is C20H41N5. The summed E-state index contributed by atoms with van der Waals surface area (Å²) in [4.78, 5) is 12.7. The Morgan fingerprint density at radius 2 is 1.80 bits per heavy atom. The summed E-state index contributed by atoms with van der Waals surface area (Å²) in [5.74, 6) is 1.13. The number of hydrogen-bond donors (Lipinski definition) is 1. The summed E-state index contributed by atoms with van der Waals surface area (Å²) in [5.41, 5.74) is 0. The molecular weight excluding hydrogens is 310 g/mol. The minimum Gasteiger partial charge on any atom is -0.357 e. The van der Waals surface area contributed by atoms with Gasteiger partial charge < -0.3 is 10.2 Å². The van der Waals surface area contributed by atoms with Gasteiger partial charge in [0.1, 0.15) is 0 Å². The summed E-state index contributed by atoms with van der Waals surface area (Å²) in [5, 5.41) is 3.51. The van der Waals surface area contributed by atoms with Gasteiger partial charge in [-0.05, 0) is 73.4 Å². The van der Waals surface area contributed by atoms with Crippen LogP contribution in [-0.2, 0) is 0 Å². The molecule has 0 radical (unpaired) electrons. The fourth-order valence-corrected chi connectivity index (χ4v) is 4.32. The molecule has 0 aliphatic carbocycles. The summed E-state index contributed by atoms with van der Waals surface area (Å²) in [6, 6.07) is 1.96. The van der Waals surface area contributed by atoms with Crippen molar-refractivity contribution in [1.82, 2.24) is 20.0 Å². The third-order valence-corrected chi connectivity index (χ3v) is 5.62. The lowest BCUT2D eigenvalue weighted by molar-refractivity contribution is 0.174. The van der Waals surface area contributed by atoms with Gasteiger partial charge in [0.15, 0.2) is 5.96 Å². The molecule has 2 rings (SSSR count). The highest BCUT2D eigenvalue weighted by molar-refractivity contribution is 5.80. The lowest BCUT2D eigenvalue weighted by atomic mass is 10.2. The topological polar surface area (TPSA) is 34.1 Å².